The zero-order valence-corrected chi connectivity index (χ0v) is 13.8. The molecule has 0 aromatic carbocycles. The molecule has 1 saturated heterocycles. The molecule has 3 rings (SSSR count). The average molecular weight is 338 g/mol. The smallest absolute Gasteiger partial charge is 0.305 e. The van der Waals surface area contributed by atoms with Crippen LogP contribution in [0.1, 0.15) is 66.2 Å². The van der Waals surface area contributed by atoms with Crippen molar-refractivity contribution in [2.75, 3.05) is 6.61 Å². The van der Waals surface area contributed by atoms with E-state index < -0.39 is 5.97 Å². The highest BCUT2D eigenvalue weighted by Gasteiger charge is 2.29. The quantitative estimate of drug-likeness (QED) is 0.861. The van der Waals surface area contributed by atoms with E-state index in [1.807, 2.05) is 0 Å². The third-order valence-corrected chi connectivity index (χ3v) is 5.49. The number of carboxylic acid groups (broad SMARTS) is 1. The lowest BCUT2D eigenvalue weighted by Gasteiger charge is -2.29. The maximum atomic E-state index is 12.6. The number of ether oxygens (including phenoxy) is 1. The SMILES string of the molecule is O=C(O)CC1CC(NC(=O)c2scnc2C2CCCC2)CCO1. The van der Waals surface area contributed by atoms with Crippen LogP contribution in [0.2, 0.25) is 0 Å². The van der Waals surface area contributed by atoms with Crippen molar-refractivity contribution in [3.63, 3.8) is 0 Å². The molecule has 1 aromatic rings. The normalized spacial score (nSPS) is 25.4. The van der Waals surface area contributed by atoms with E-state index in [0.717, 1.165) is 29.8 Å². The van der Waals surface area contributed by atoms with Crippen molar-refractivity contribution in [3.8, 4) is 0 Å². The average Bonchev–Trinajstić information content (AvgIpc) is 3.18. The second-order valence-corrected chi connectivity index (χ2v) is 7.19. The molecule has 0 spiro atoms. The Morgan fingerprint density at radius 2 is 2.13 bits per heavy atom. The van der Waals surface area contributed by atoms with E-state index in [4.69, 9.17) is 9.84 Å². The molecule has 0 radical (unpaired) electrons. The van der Waals surface area contributed by atoms with E-state index in [0.29, 0.717) is 18.9 Å². The third-order valence-electron chi connectivity index (χ3n) is 4.65. The molecule has 2 aliphatic rings. The summed E-state index contributed by atoms with van der Waals surface area (Å²) < 4.78 is 5.45. The summed E-state index contributed by atoms with van der Waals surface area (Å²) in [6.07, 6.45) is 5.58. The second-order valence-electron chi connectivity index (χ2n) is 6.33. The molecule has 7 heteroatoms. The Kier molecular flexibility index (Phi) is 5.27. The molecule has 2 fully saturated rings. The largest absolute Gasteiger partial charge is 0.481 e. The van der Waals surface area contributed by atoms with Crippen molar-refractivity contribution < 1.29 is 19.4 Å². The molecule has 1 saturated carbocycles. The minimum absolute atomic E-state index is 0.0136. The molecule has 2 heterocycles. The van der Waals surface area contributed by atoms with Crippen LogP contribution in [0.4, 0.5) is 0 Å². The summed E-state index contributed by atoms with van der Waals surface area (Å²) in [5, 5.41) is 11.9. The van der Waals surface area contributed by atoms with Crippen LogP contribution in [0.15, 0.2) is 5.51 Å². The van der Waals surface area contributed by atoms with Gasteiger partial charge in [0.1, 0.15) is 4.88 Å². The number of aromatic nitrogens is 1. The number of aliphatic carboxylic acids is 1. The number of amides is 1. The molecule has 126 valence electrons. The van der Waals surface area contributed by atoms with Gasteiger partial charge in [0, 0.05) is 18.6 Å². The molecule has 2 N–H and O–H groups in total. The van der Waals surface area contributed by atoms with E-state index in [1.54, 1.807) is 5.51 Å². The van der Waals surface area contributed by atoms with Crippen LogP contribution in [0, 0.1) is 0 Å². The van der Waals surface area contributed by atoms with Crippen molar-refractivity contribution in [2.45, 2.75) is 63.0 Å². The Labute approximate surface area is 139 Å². The summed E-state index contributed by atoms with van der Waals surface area (Å²) in [5.41, 5.74) is 2.69. The molecular formula is C16H22N2O4S. The van der Waals surface area contributed by atoms with Crippen LogP contribution >= 0.6 is 11.3 Å². The maximum absolute atomic E-state index is 12.6. The van der Waals surface area contributed by atoms with Gasteiger partial charge in [-0.1, -0.05) is 12.8 Å². The van der Waals surface area contributed by atoms with Gasteiger partial charge in [-0.15, -0.1) is 11.3 Å². The zero-order chi connectivity index (χ0) is 16.2. The summed E-state index contributed by atoms with van der Waals surface area (Å²) in [6, 6.07) is -0.0286. The summed E-state index contributed by atoms with van der Waals surface area (Å²) in [6.45, 7) is 0.487. The van der Waals surface area contributed by atoms with Gasteiger partial charge in [0.2, 0.25) is 0 Å². The molecule has 1 amide bonds. The Balaban J connectivity index is 1.60. The number of nitrogens with one attached hydrogen (secondary N) is 1. The summed E-state index contributed by atoms with van der Waals surface area (Å²) in [4.78, 5) is 28.5. The highest BCUT2D eigenvalue weighted by molar-refractivity contribution is 7.11. The number of rotatable bonds is 5. The molecule has 2 unspecified atom stereocenters. The Bertz CT molecular complexity index is 568. The summed E-state index contributed by atoms with van der Waals surface area (Å²) in [5.74, 6) is -0.528. The Morgan fingerprint density at radius 3 is 2.87 bits per heavy atom. The number of hydrogen-bond donors (Lipinski definition) is 2. The van der Waals surface area contributed by atoms with Gasteiger partial charge >= 0.3 is 5.97 Å². The van der Waals surface area contributed by atoms with Crippen LogP contribution in [0.25, 0.3) is 0 Å². The number of carbonyl (C=O) groups excluding carboxylic acids is 1. The van der Waals surface area contributed by atoms with Crippen LogP contribution in [-0.2, 0) is 9.53 Å². The highest BCUT2D eigenvalue weighted by Crippen LogP contribution is 2.36. The van der Waals surface area contributed by atoms with E-state index in [2.05, 4.69) is 10.3 Å². The first-order valence-corrected chi connectivity index (χ1v) is 9.09. The predicted octanol–water partition coefficient (Wildman–Crippen LogP) is 2.55. The number of nitrogens with zero attached hydrogens (tertiary/aromatic N) is 1. The first-order valence-electron chi connectivity index (χ1n) is 8.21. The Hall–Kier alpha value is -1.47. The van der Waals surface area contributed by atoms with E-state index in [9.17, 15) is 9.59 Å². The highest BCUT2D eigenvalue weighted by atomic mass is 32.1. The minimum Gasteiger partial charge on any atom is -0.481 e. The fourth-order valence-corrected chi connectivity index (χ4v) is 4.29. The van der Waals surface area contributed by atoms with Gasteiger partial charge in [-0.25, -0.2) is 4.98 Å². The number of carboxylic acids is 1. The predicted molar refractivity (Wildman–Crippen MR) is 85.8 cm³/mol. The van der Waals surface area contributed by atoms with Gasteiger partial charge in [-0.3, -0.25) is 9.59 Å². The van der Waals surface area contributed by atoms with Gasteiger partial charge in [0.15, 0.2) is 0 Å². The second kappa shape index (κ2) is 7.40. The fourth-order valence-electron chi connectivity index (χ4n) is 3.51. The third kappa shape index (κ3) is 4.09. The van der Waals surface area contributed by atoms with Crippen molar-refractivity contribution in [1.29, 1.82) is 0 Å². The molecule has 1 aliphatic carbocycles. The number of thiazole rings is 1. The number of hydrogen-bond acceptors (Lipinski definition) is 5. The first kappa shape index (κ1) is 16.4. The minimum atomic E-state index is -0.868. The monoisotopic (exact) mass is 338 g/mol. The summed E-state index contributed by atoms with van der Waals surface area (Å²) in [7, 11) is 0. The van der Waals surface area contributed by atoms with E-state index in [1.165, 1.54) is 24.2 Å². The van der Waals surface area contributed by atoms with Gasteiger partial charge in [-0.2, -0.15) is 0 Å². The summed E-state index contributed by atoms with van der Waals surface area (Å²) >= 11 is 1.40. The van der Waals surface area contributed by atoms with Crippen molar-refractivity contribution in [1.82, 2.24) is 10.3 Å². The maximum Gasteiger partial charge on any atom is 0.305 e. The van der Waals surface area contributed by atoms with Crippen LogP contribution in [0.5, 0.6) is 0 Å². The van der Waals surface area contributed by atoms with E-state index >= 15 is 0 Å². The molecule has 1 aromatic heterocycles. The van der Waals surface area contributed by atoms with Crippen molar-refractivity contribution in [2.24, 2.45) is 0 Å². The van der Waals surface area contributed by atoms with Gasteiger partial charge in [-0.05, 0) is 25.7 Å². The molecular weight excluding hydrogens is 316 g/mol. The molecule has 1 aliphatic heterocycles. The molecule has 23 heavy (non-hydrogen) atoms. The standard InChI is InChI=1S/C16H22N2O4S/c19-13(20)8-12-7-11(5-6-22-12)18-16(21)15-14(17-9-23-15)10-3-1-2-4-10/h9-12H,1-8H2,(H,18,21)(H,19,20). The van der Waals surface area contributed by atoms with Crippen LogP contribution < -0.4 is 5.32 Å². The molecule has 6 nitrogen and oxygen atoms in total. The number of carbonyl (C=O) groups is 2. The zero-order valence-electron chi connectivity index (χ0n) is 13.0. The first-order chi connectivity index (χ1) is 11.1. The lowest BCUT2D eigenvalue weighted by Crippen LogP contribution is -2.42. The fraction of sp³-hybridized carbons (Fsp3) is 0.688. The lowest BCUT2D eigenvalue weighted by atomic mass is 10.00. The molecule has 2 atom stereocenters. The van der Waals surface area contributed by atoms with Crippen LogP contribution in [-0.4, -0.2) is 40.7 Å². The molecule has 0 bridgehead atoms. The van der Waals surface area contributed by atoms with Crippen molar-refractivity contribution in [3.05, 3.63) is 16.1 Å². The van der Waals surface area contributed by atoms with Gasteiger partial charge in [0.05, 0.1) is 23.7 Å². The topological polar surface area (TPSA) is 88.5 Å². The van der Waals surface area contributed by atoms with Gasteiger partial charge < -0.3 is 15.2 Å². The van der Waals surface area contributed by atoms with E-state index in [-0.39, 0.29) is 24.5 Å². The lowest BCUT2D eigenvalue weighted by molar-refractivity contribution is -0.141. The van der Waals surface area contributed by atoms with Gasteiger partial charge in [0.25, 0.3) is 5.91 Å². The Morgan fingerprint density at radius 1 is 1.35 bits per heavy atom. The van der Waals surface area contributed by atoms with Crippen LogP contribution in [0.3, 0.4) is 0 Å². The van der Waals surface area contributed by atoms with Crippen molar-refractivity contribution >= 4 is 23.2 Å².